The van der Waals surface area contributed by atoms with Crippen LogP contribution in [0.25, 0.3) is 6.08 Å². The van der Waals surface area contributed by atoms with Crippen molar-refractivity contribution < 1.29 is 4.79 Å². The van der Waals surface area contributed by atoms with Crippen molar-refractivity contribution in [3.05, 3.63) is 52.5 Å². The van der Waals surface area contributed by atoms with Crippen LogP contribution in [0.2, 0.25) is 10.0 Å². The zero-order valence-electron chi connectivity index (χ0n) is 9.25. The van der Waals surface area contributed by atoms with Gasteiger partial charge in [-0.3, -0.25) is 4.79 Å². The molecule has 1 aromatic carbocycles. The van der Waals surface area contributed by atoms with Gasteiger partial charge in [-0.1, -0.05) is 35.3 Å². The summed E-state index contributed by atoms with van der Waals surface area (Å²) >= 11 is 11.6. The third kappa shape index (κ3) is 5.07. The molecule has 0 atom stereocenters. The van der Waals surface area contributed by atoms with E-state index >= 15 is 0 Å². The molecule has 0 spiro atoms. The van der Waals surface area contributed by atoms with Gasteiger partial charge >= 0.3 is 0 Å². The van der Waals surface area contributed by atoms with Gasteiger partial charge in [0.2, 0.25) is 5.91 Å². The first-order chi connectivity index (χ1) is 8.13. The smallest absolute Gasteiger partial charge is 0.244 e. The molecular weight excluding hydrogens is 257 g/mol. The summed E-state index contributed by atoms with van der Waals surface area (Å²) in [5.74, 6) is -0.141. The molecule has 1 N–H and O–H groups in total. The van der Waals surface area contributed by atoms with Gasteiger partial charge in [-0.25, -0.2) is 0 Å². The summed E-state index contributed by atoms with van der Waals surface area (Å²) in [6, 6.07) is 5.19. The maximum absolute atomic E-state index is 11.4. The minimum absolute atomic E-state index is 0.141. The van der Waals surface area contributed by atoms with E-state index in [4.69, 9.17) is 23.2 Å². The molecule has 2 nitrogen and oxygen atoms in total. The number of carbonyl (C=O) groups excluding carboxylic acids is 1. The number of carbonyl (C=O) groups is 1. The molecule has 0 aromatic heterocycles. The van der Waals surface area contributed by atoms with Crippen LogP contribution < -0.4 is 5.32 Å². The molecule has 4 heteroatoms. The van der Waals surface area contributed by atoms with Gasteiger partial charge in [-0.15, -0.1) is 6.58 Å². The Labute approximate surface area is 111 Å². The van der Waals surface area contributed by atoms with Crippen LogP contribution in [0.1, 0.15) is 12.0 Å². The van der Waals surface area contributed by atoms with Crippen molar-refractivity contribution >= 4 is 35.2 Å². The fraction of sp³-hybridized carbons (Fsp3) is 0.154. The number of amides is 1. The summed E-state index contributed by atoms with van der Waals surface area (Å²) in [4.78, 5) is 11.4. The second-order valence-electron chi connectivity index (χ2n) is 3.38. The molecule has 0 saturated carbocycles. The highest BCUT2D eigenvalue weighted by Gasteiger charge is 1.98. The molecule has 0 aliphatic rings. The molecule has 0 unspecified atom stereocenters. The van der Waals surface area contributed by atoms with E-state index in [1.807, 2.05) is 0 Å². The minimum atomic E-state index is -0.141. The third-order valence-corrected chi connectivity index (χ3v) is 2.76. The van der Waals surface area contributed by atoms with E-state index < -0.39 is 0 Å². The van der Waals surface area contributed by atoms with E-state index in [0.29, 0.717) is 16.6 Å². The normalized spacial score (nSPS) is 10.5. The van der Waals surface area contributed by atoms with Crippen molar-refractivity contribution in [3.8, 4) is 0 Å². The third-order valence-electron chi connectivity index (χ3n) is 2.02. The number of rotatable bonds is 5. The maximum atomic E-state index is 11.4. The quantitative estimate of drug-likeness (QED) is 0.493. The van der Waals surface area contributed by atoms with Gasteiger partial charge in [0.05, 0.1) is 10.0 Å². The number of benzene rings is 1. The zero-order chi connectivity index (χ0) is 12.7. The molecule has 1 amide bonds. The van der Waals surface area contributed by atoms with Crippen molar-refractivity contribution in [2.24, 2.45) is 0 Å². The molecule has 0 fully saturated rings. The Kier molecular flexibility index (Phi) is 5.81. The van der Waals surface area contributed by atoms with Crippen LogP contribution in [0.4, 0.5) is 0 Å². The molecule has 0 saturated heterocycles. The van der Waals surface area contributed by atoms with Crippen molar-refractivity contribution in [3.63, 3.8) is 0 Å². The van der Waals surface area contributed by atoms with Gasteiger partial charge in [0.15, 0.2) is 0 Å². The van der Waals surface area contributed by atoms with E-state index in [2.05, 4.69) is 11.9 Å². The van der Waals surface area contributed by atoms with E-state index in [0.717, 1.165) is 12.0 Å². The van der Waals surface area contributed by atoms with Crippen molar-refractivity contribution in [2.75, 3.05) is 6.54 Å². The second kappa shape index (κ2) is 7.15. The molecule has 0 radical (unpaired) electrons. The van der Waals surface area contributed by atoms with Gasteiger partial charge < -0.3 is 5.32 Å². The van der Waals surface area contributed by atoms with E-state index in [1.54, 1.807) is 30.4 Å². The number of halogens is 2. The molecule has 17 heavy (non-hydrogen) atoms. The van der Waals surface area contributed by atoms with E-state index in [9.17, 15) is 4.79 Å². The van der Waals surface area contributed by atoms with Crippen molar-refractivity contribution in [1.29, 1.82) is 0 Å². The van der Waals surface area contributed by atoms with Crippen LogP contribution in [0.3, 0.4) is 0 Å². The molecule has 0 aliphatic carbocycles. The first-order valence-corrected chi connectivity index (χ1v) is 5.91. The van der Waals surface area contributed by atoms with Gasteiger partial charge in [0, 0.05) is 12.6 Å². The Balaban J connectivity index is 2.54. The lowest BCUT2D eigenvalue weighted by atomic mass is 10.2. The molecule has 0 heterocycles. The number of hydrogen-bond donors (Lipinski definition) is 1. The highest BCUT2D eigenvalue weighted by atomic mass is 35.5. The van der Waals surface area contributed by atoms with Crippen molar-refractivity contribution in [1.82, 2.24) is 5.32 Å². The summed E-state index contributed by atoms with van der Waals surface area (Å²) in [6.07, 6.45) is 5.66. The van der Waals surface area contributed by atoms with Crippen LogP contribution in [-0.4, -0.2) is 12.5 Å². The number of nitrogens with one attached hydrogen (secondary N) is 1. The second-order valence-corrected chi connectivity index (χ2v) is 4.19. The fourth-order valence-electron chi connectivity index (χ4n) is 1.14. The molecule has 0 aliphatic heterocycles. The Bertz CT molecular complexity index is 441. The summed E-state index contributed by atoms with van der Waals surface area (Å²) in [6.45, 7) is 4.16. The summed E-state index contributed by atoms with van der Waals surface area (Å²) < 4.78 is 0. The fourth-order valence-corrected chi connectivity index (χ4v) is 1.45. The van der Waals surface area contributed by atoms with Crippen LogP contribution in [-0.2, 0) is 4.79 Å². The lowest BCUT2D eigenvalue weighted by Crippen LogP contribution is -2.21. The van der Waals surface area contributed by atoms with Crippen LogP contribution in [0, 0.1) is 0 Å². The first-order valence-electron chi connectivity index (χ1n) is 5.15. The lowest BCUT2D eigenvalue weighted by Gasteiger charge is -1.99. The zero-order valence-corrected chi connectivity index (χ0v) is 10.8. The summed E-state index contributed by atoms with van der Waals surface area (Å²) in [5.41, 5.74) is 0.832. The predicted octanol–water partition coefficient (Wildman–Crippen LogP) is 3.70. The number of hydrogen-bond acceptors (Lipinski definition) is 1. The van der Waals surface area contributed by atoms with Gasteiger partial charge in [-0.05, 0) is 30.2 Å². The van der Waals surface area contributed by atoms with Crippen LogP contribution in [0.5, 0.6) is 0 Å². The van der Waals surface area contributed by atoms with E-state index in [-0.39, 0.29) is 5.91 Å². The van der Waals surface area contributed by atoms with Crippen LogP contribution in [0.15, 0.2) is 36.9 Å². The molecule has 0 bridgehead atoms. The summed E-state index contributed by atoms with van der Waals surface area (Å²) in [7, 11) is 0. The molecular formula is C13H13Cl2NO. The van der Waals surface area contributed by atoms with Gasteiger partial charge in [0.25, 0.3) is 0 Å². The molecule has 90 valence electrons. The summed E-state index contributed by atoms with van der Waals surface area (Å²) in [5, 5.41) is 3.70. The highest BCUT2D eigenvalue weighted by molar-refractivity contribution is 6.42. The average Bonchev–Trinajstić information content (AvgIpc) is 2.31. The monoisotopic (exact) mass is 269 g/mol. The van der Waals surface area contributed by atoms with Gasteiger partial charge in [0.1, 0.15) is 0 Å². The Hall–Kier alpha value is -1.25. The van der Waals surface area contributed by atoms with Gasteiger partial charge in [-0.2, -0.15) is 0 Å². The molecule has 1 aromatic rings. The van der Waals surface area contributed by atoms with E-state index in [1.165, 1.54) is 6.08 Å². The SMILES string of the molecule is C=CCCNC(=O)/C=C/c1ccc(Cl)c(Cl)c1. The van der Waals surface area contributed by atoms with Crippen LogP contribution >= 0.6 is 23.2 Å². The minimum Gasteiger partial charge on any atom is -0.352 e. The Morgan fingerprint density at radius 3 is 2.76 bits per heavy atom. The Morgan fingerprint density at radius 1 is 1.35 bits per heavy atom. The largest absolute Gasteiger partial charge is 0.352 e. The topological polar surface area (TPSA) is 29.1 Å². The predicted molar refractivity (Wildman–Crippen MR) is 73.3 cm³/mol. The van der Waals surface area contributed by atoms with Crippen molar-refractivity contribution in [2.45, 2.75) is 6.42 Å². The highest BCUT2D eigenvalue weighted by Crippen LogP contribution is 2.22. The average molecular weight is 270 g/mol. The first kappa shape index (κ1) is 13.8. The standard InChI is InChI=1S/C13H13Cl2NO/c1-2-3-8-16-13(17)7-5-10-4-6-11(14)12(15)9-10/h2,4-7,9H,1,3,8H2,(H,16,17)/b7-5+. The lowest BCUT2D eigenvalue weighted by molar-refractivity contribution is -0.116. The molecule has 1 rings (SSSR count). The maximum Gasteiger partial charge on any atom is 0.244 e. The Morgan fingerprint density at radius 2 is 2.12 bits per heavy atom.